The molecule has 0 aliphatic heterocycles. The molecule has 5 heteroatoms. The third-order valence-corrected chi connectivity index (χ3v) is 5.31. The number of rotatable bonds is 4. The van der Waals surface area contributed by atoms with Gasteiger partial charge < -0.3 is 9.88 Å². The smallest absolute Gasteiger partial charge is 0.253 e. The Hall–Kier alpha value is -2.14. The lowest BCUT2D eigenvalue weighted by atomic mass is 10.1. The Morgan fingerprint density at radius 2 is 2.09 bits per heavy atom. The van der Waals surface area contributed by atoms with Crippen LogP contribution in [0.5, 0.6) is 0 Å². The van der Waals surface area contributed by atoms with Crippen molar-refractivity contribution < 1.29 is 4.79 Å². The molecule has 23 heavy (non-hydrogen) atoms. The molecule has 0 aliphatic carbocycles. The maximum Gasteiger partial charge on any atom is 0.253 e. The van der Waals surface area contributed by atoms with E-state index in [-0.39, 0.29) is 11.9 Å². The van der Waals surface area contributed by atoms with E-state index in [4.69, 9.17) is 0 Å². The van der Waals surface area contributed by atoms with Crippen LogP contribution in [0.3, 0.4) is 0 Å². The van der Waals surface area contributed by atoms with Crippen molar-refractivity contribution >= 4 is 28.1 Å². The fraction of sp³-hybridized carbons (Fsp3) is 0.333. The van der Waals surface area contributed by atoms with Gasteiger partial charge in [0.25, 0.3) is 5.91 Å². The fourth-order valence-electron chi connectivity index (χ4n) is 2.98. The van der Waals surface area contributed by atoms with Crippen LogP contribution in [0.15, 0.2) is 30.5 Å². The number of nitrogens with zero attached hydrogens (tertiary/aromatic N) is 2. The number of hydrogen-bond acceptors (Lipinski definition) is 3. The summed E-state index contributed by atoms with van der Waals surface area (Å²) in [5.74, 6) is -0.0358. The highest BCUT2D eigenvalue weighted by Gasteiger charge is 2.19. The summed E-state index contributed by atoms with van der Waals surface area (Å²) in [6.07, 6.45) is 1.94. The first-order valence-electron chi connectivity index (χ1n) is 7.84. The Labute approximate surface area is 140 Å². The van der Waals surface area contributed by atoms with Crippen LogP contribution in [0.2, 0.25) is 0 Å². The van der Waals surface area contributed by atoms with Gasteiger partial charge in [-0.25, -0.2) is 4.98 Å². The van der Waals surface area contributed by atoms with Crippen molar-refractivity contribution in [1.82, 2.24) is 14.9 Å². The summed E-state index contributed by atoms with van der Waals surface area (Å²) in [6.45, 7) is 8.92. The number of aryl methyl sites for hydroxylation is 3. The molecule has 0 bridgehead atoms. The van der Waals surface area contributed by atoms with Gasteiger partial charge >= 0.3 is 0 Å². The molecule has 1 N–H and O–H groups in total. The molecule has 3 aromatic rings. The van der Waals surface area contributed by atoms with Crippen LogP contribution in [0.1, 0.15) is 45.8 Å². The summed E-state index contributed by atoms with van der Waals surface area (Å²) in [5, 5.41) is 5.14. The monoisotopic (exact) mass is 327 g/mol. The van der Waals surface area contributed by atoms with Crippen LogP contribution >= 0.6 is 11.3 Å². The van der Waals surface area contributed by atoms with E-state index in [1.165, 1.54) is 0 Å². The summed E-state index contributed by atoms with van der Waals surface area (Å²) < 4.78 is 2.11. The minimum atomic E-state index is -0.0440. The molecule has 120 valence electrons. The van der Waals surface area contributed by atoms with Crippen molar-refractivity contribution in [3.8, 4) is 0 Å². The molecule has 4 nitrogen and oxygen atoms in total. The molecule has 0 spiro atoms. The van der Waals surface area contributed by atoms with E-state index in [0.29, 0.717) is 0 Å². The maximum atomic E-state index is 12.7. The third-order valence-electron chi connectivity index (χ3n) is 4.05. The predicted octanol–water partition coefficient (Wildman–Crippen LogP) is 4.23. The van der Waals surface area contributed by atoms with Crippen molar-refractivity contribution in [2.45, 2.75) is 40.3 Å². The highest BCUT2D eigenvalue weighted by Crippen LogP contribution is 2.26. The summed E-state index contributed by atoms with van der Waals surface area (Å²) in [7, 11) is 0. The van der Waals surface area contributed by atoms with Crippen molar-refractivity contribution in [2.75, 3.05) is 0 Å². The first-order valence-corrected chi connectivity index (χ1v) is 8.65. The molecular formula is C18H21N3OS. The molecule has 0 saturated carbocycles. The number of fused-ring (bicyclic) bond motifs is 1. The largest absolute Gasteiger partial charge is 0.347 e. The molecule has 0 fully saturated rings. The first-order chi connectivity index (χ1) is 11.0. The van der Waals surface area contributed by atoms with Gasteiger partial charge in [-0.2, -0.15) is 0 Å². The normalized spacial score (nSPS) is 12.5. The van der Waals surface area contributed by atoms with Gasteiger partial charge in [0.15, 0.2) is 0 Å². The maximum absolute atomic E-state index is 12.7. The van der Waals surface area contributed by atoms with Gasteiger partial charge in [-0.1, -0.05) is 18.2 Å². The summed E-state index contributed by atoms with van der Waals surface area (Å²) >= 11 is 1.64. The number of amides is 1. The van der Waals surface area contributed by atoms with Gasteiger partial charge in [0.1, 0.15) is 0 Å². The second-order valence-corrected chi connectivity index (χ2v) is 6.96. The highest BCUT2D eigenvalue weighted by molar-refractivity contribution is 7.11. The number of carbonyl (C=O) groups is 1. The Bertz CT molecular complexity index is 862. The SMILES string of the molecule is CCn1cc(C(=O)N[C@@H](C)c2sc(C)nc2C)c2ccccc21. The van der Waals surface area contributed by atoms with Crippen LogP contribution in [-0.4, -0.2) is 15.5 Å². The molecule has 2 heterocycles. The number of benzene rings is 1. The van der Waals surface area contributed by atoms with E-state index >= 15 is 0 Å². The van der Waals surface area contributed by atoms with E-state index in [9.17, 15) is 4.79 Å². The number of nitrogens with one attached hydrogen (secondary N) is 1. The Morgan fingerprint density at radius 1 is 1.35 bits per heavy atom. The zero-order valence-electron chi connectivity index (χ0n) is 13.9. The van der Waals surface area contributed by atoms with E-state index in [2.05, 4.69) is 27.9 Å². The minimum Gasteiger partial charge on any atom is -0.347 e. The quantitative estimate of drug-likeness (QED) is 0.779. The minimum absolute atomic E-state index is 0.0358. The second kappa shape index (κ2) is 6.16. The Morgan fingerprint density at radius 3 is 2.74 bits per heavy atom. The molecule has 0 saturated heterocycles. The lowest BCUT2D eigenvalue weighted by molar-refractivity contribution is 0.0942. The average molecular weight is 327 g/mol. The van der Waals surface area contributed by atoms with Crippen LogP contribution < -0.4 is 5.32 Å². The Balaban J connectivity index is 1.90. The number of aromatic nitrogens is 2. The van der Waals surface area contributed by atoms with Crippen molar-refractivity contribution in [1.29, 1.82) is 0 Å². The lowest BCUT2D eigenvalue weighted by Gasteiger charge is -2.12. The lowest BCUT2D eigenvalue weighted by Crippen LogP contribution is -2.26. The number of thiazole rings is 1. The third kappa shape index (κ3) is 2.88. The van der Waals surface area contributed by atoms with Crippen LogP contribution in [0.25, 0.3) is 10.9 Å². The summed E-state index contributed by atoms with van der Waals surface area (Å²) in [6, 6.07) is 7.98. The zero-order valence-corrected chi connectivity index (χ0v) is 14.7. The predicted molar refractivity (Wildman–Crippen MR) is 95.1 cm³/mol. The Kier molecular flexibility index (Phi) is 4.22. The standard InChI is InChI=1S/C18H21N3OS/c1-5-21-10-15(14-8-6-7-9-16(14)21)18(22)20-12(3)17-11(2)19-13(4)23-17/h6-10,12H,5H2,1-4H3,(H,20,22)/t12-/m0/s1. The van der Waals surface area contributed by atoms with Gasteiger partial charge in [0.2, 0.25) is 0 Å². The molecule has 0 radical (unpaired) electrons. The first kappa shape index (κ1) is 15.7. The van der Waals surface area contributed by atoms with Crippen molar-refractivity contribution in [3.05, 3.63) is 51.6 Å². The molecular weight excluding hydrogens is 306 g/mol. The zero-order chi connectivity index (χ0) is 16.6. The number of carbonyl (C=O) groups excluding carboxylic acids is 1. The average Bonchev–Trinajstić information content (AvgIpc) is 3.07. The molecule has 2 aromatic heterocycles. The van der Waals surface area contributed by atoms with Crippen LogP contribution in [0.4, 0.5) is 0 Å². The molecule has 3 rings (SSSR count). The highest BCUT2D eigenvalue weighted by atomic mass is 32.1. The van der Waals surface area contributed by atoms with Gasteiger partial charge in [-0.3, -0.25) is 4.79 Å². The molecule has 1 aromatic carbocycles. The second-order valence-electron chi connectivity index (χ2n) is 5.72. The van der Waals surface area contributed by atoms with E-state index in [1.54, 1.807) is 11.3 Å². The molecule has 0 unspecified atom stereocenters. The fourth-order valence-corrected chi connectivity index (χ4v) is 3.91. The number of hydrogen-bond donors (Lipinski definition) is 1. The molecule has 1 atom stereocenters. The van der Waals surface area contributed by atoms with Gasteiger partial charge in [0.05, 0.1) is 22.3 Å². The molecule has 0 aliphatic rings. The topological polar surface area (TPSA) is 46.9 Å². The van der Waals surface area contributed by atoms with Gasteiger partial charge in [-0.15, -0.1) is 11.3 Å². The van der Waals surface area contributed by atoms with Crippen molar-refractivity contribution in [2.24, 2.45) is 0 Å². The van der Waals surface area contributed by atoms with Gasteiger partial charge in [-0.05, 0) is 33.8 Å². The van der Waals surface area contributed by atoms with Gasteiger partial charge in [0, 0.05) is 28.5 Å². The van der Waals surface area contributed by atoms with E-state index in [0.717, 1.165) is 38.6 Å². The summed E-state index contributed by atoms with van der Waals surface area (Å²) in [4.78, 5) is 18.3. The molecule has 1 amide bonds. The van der Waals surface area contributed by atoms with E-state index in [1.807, 2.05) is 45.2 Å². The summed E-state index contributed by atoms with van der Waals surface area (Å²) in [5.41, 5.74) is 2.82. The van der Waals surface area contributed by atoms with Crippen molar-refractivity contribution in [3.63, 3.8) is 0 Å². The van der Waals surface area contributed by atoms with Crippen LogP contribution in [-0.2, 0) is 6.54 Å². The van der Waals surface area contributed by atoms with E-state index < -0.39 is 0 Å². The number of para-hydroxylation sites is 1. The van der Waals surface area contributed by atoms with Crippen LogP contribution in [0, 0.1) is 13.8 Å².